The van der Waals surface area contributed by atoms with E-state index in [-0.39, 0.29) is 0 Å². The number of fused-ring (bicyclic) bond motifs is 4. The average molecular weight is 554 g/mol. The number of hydrogen-bond acceptors (Lipinski definition) is 0. The van der Waals surface area contributed by atoms with Gasteiger partial charge < -0.3 is 4.98 Å². The molecule has 8 aromatic rings. The first-order chi connectivity index (χ1) is 20.9. The molecule has 1 heterocycles. The monoisotopic (exact) mass is 553 g/mol. The molecular weight excluding hydrogens is 525 g/mol. The predicted molar refractivity (Wildman–Crippen MR) is 183 cm³/mol. The number of nitrogens with one attached hydrogen (secondary N) is 1. The van der Waals surface area contributed by atoms with Crippen molar-refractivity contribution in [2.24, 2.45) is 0 Å². The molecule has 0 amide bonds. The first-order valence-electron chi connectivity index (χ1n) is 14.4. The van der Waals surface area contributed by atoms with Crippen LogP contribution >= 0.6 is 7.92 Å². The highest BCUT2D eigenvalue weighted by atomic mass is 31.1. The summed E-state index contributed by atoms with van der Waals surface area (Å²) >= 11 is 0. The Balaban J connectivity index is 1.54. The van der Waals surface area contributed by atoms with Crippen molar-refractivity contribution >= 4 is 56.3 Å². The fourth-order valence-electron chi connectivity index (χ4n) is 6.34. The molecule has 0 radical (unpaired) electrons. The summed E-state index contributed by atoms with van der Waals surface area (Å²) in [4.78, 5) is 3.97. The van der Waals surface area contributed by atoms with Gasteiger partial charge in [0.2, 0.25) is 0 Å². The fourth-order valence-corrected chi connectivity index (χ4v) is 8.81. The molecule has 7 aromatic carbocycles. The van der Waals surface area contributed by atoms with Gasteiger partial charge in [-0.1, -0.05) is 158 Å². The van der Waals surface area contributed by atoms with Crippen LogP contribution in [0.3, 0.4) is 0 Å². The van der Waals surface area contributed by atoms with Crippen LogP contribution in [0.15, 0.2) is 164 Å². The van der Waals surface area contributed by atoms with Crippen molar-refractivity contribution in [1.82, 2.24) is 4.98 Å². The first kappa shape index (κ1) is 24.8. The molecule has 8 rings (SSSR count). The van der Waals surface area contributed by atoms with Crippen LogP contribution in [0.5, 0.6) is 0 Å². The lowest BCUT2D eigenvalue weighted by atomic mass is 9.93. The molecular formula is C40H28NP. The molecule has 0 saturated carbocycles. The molecule has 0 fully saturated rings. The van der Waals surface area contributed by atoms with Gasteiger partial charge in [-0.2, -0.15) is 0 Å². The van der Waals surface area contributed by atoms with Crippen LogP contribution in [0, 0.1) is 0 Å². The van der Waals surface area contributed by atoms with Crippen LogP contribution in [0.4, 0.5) is 0 Å². The van der Waals surface area contributed by atoms with E-state index in [2.05, 4.69) is 169 Å². The molecule has 0 aliphatic rings. The van der Waals surface area contributed by atoms with E-state index in [1.165, 1.54) is 65.2 Å². The van der Waals surface area contributed by atoms with Crippen molar-refractivity contribution in [3.8, 4) is 22.4 Å². The Morgan fingerprint density at radius 1 is 0.405 bits per heavy atom. The van der Waals surface area contributed by atoms with Gasteiger partial charge in [-0.3, -0.25) is 0 Å². The van der Waals surface area contributed by atoms with E-state index in [1.54, 1.807) is 0 Å². The van der Waals surface area contributed by atoms with Crippen LogP contribution < -0.4 is 15.9 Å². The van der Waals surface area contributed by atoms with E-state index in [0.29, 0.717) is 0 Å². The third-order valence-corrected chi connectivity index (χ3v) is 10.7. The molecule has 0 bridgehead atoms. The van der Waals surface area contributed by atoms with Gasteiger partial charge in [-0.15, -0.1) is 0 Å². The van der Waals surface area contributed by atoms with E-state index in [9.17, 15) is 0 Å². The largest absolute Gasteiger partial charge is 0.354 e. The zero-order valence-electron chi connectivity index (χ0n) is 23.0. The van der Waals surface area contributed by atoms with E-state index in [0.717, 1.165) is 5.52 Å². The zero-order valence-corrected chi connectivity index (χ0v) is 23.9. The molecule has 42 heavy (non-hydrogen) atoms. The zero-order chi connectivity index (χ0) is 27.9. The molecule has 0 spiro atoms. The summed E-state index contributed by atoms with van der Waals surface area (Å²) in [5, 5.41) is 10.4. The van der Waals surface area contributed by atoms with Gasteiger partial charge in [0.25, 0.3) is 0 Å². The van der Waals surface area contributed by atoms with Crippen molar-refractivity contribution < 1.29 is 0 Å². The van der Waals surface area contributed by atoms with Crippen LogP contribution in [0.1, 0.15) is 0 Å². The maximum Gasteiger partial charge on any atom is 0.0557 e. The molecule has 1 aromatic heterocycles. The number of aromatic amines is 1. The first-order valence-corrected chi connectivity index (χ1v) is 15.7. The second kappa shape index (κ2) is 10.5. The van der Waals surface area contributed by atoms with Crippen LogP contribution in [0.2, 0.25) is 0 Å². The average Bonchev–Trinajstić information content (AvgIpc) is 3.46. The van der Waals surface area contributed by atoms with E-state index >= 15 is 0 Å². The van der Waals surface area contributed by atoms with Crippen LogP contribution in [-0.4, -0.2) is 4.98 Å². The lowest BCUT2D eigenvalue weighted by Crippen LogP contribution is -2.22. The summed E-state index contributed by atoms with van der Waals surface area (Å²) in [5.74, 6) is 0. The third-order valence-electron chi connectivity index (χ3n) is 8.18. The van der Waals surface area contributed by atoms with E-state index in [1.807, 2.05) is 0 Å². The Labute approximate surface area is 246 Å². The SMILES string of the molecule is c1ccc(-c2c(-c3c(P(c4ccccc4)c4ccccc4)ccc4ccccc34)[nH]c3ccc4ccccc4c23)cc1. The Kier molecular flexibility index (Phi) is 6.17. The van der Waals surface area contributed by atoms with Gasteiger partial charge in [0.15, 0.2) is 0 Å². The number of benzene rings is 7. The second-order valence-corrected chi connectivity index (χ2v) is 12.8. The number of rotatable bonds is 5. The minimum absolute atomic E-state index is 0.829. The summed E-state index contributed by atoms with van der Waals surface area (Å²) < 4.78 is 0. The van der Waals surface area contributed by atoms with Crippen molar-refractivity contribution in [2.45, 2.75) is 0 Å². The highest BCUT2D eigenvalue weighted by Crippen LogP contribution is 2.46. The third kappa shape index (κ3) is 4.14. The Morgan fingerprint density at radius 3 is 1.60 bits per heavy atom. The maximum absolute atomic E-state index is 3.97. The van der Waals surface area contributed by atoms with Crippen LogP contribution in [0.25, 0.3) is 54.8 Å². The van der Waals surface area contributed by atoms with Crippen molar-refractivity contribution in [1.29, 1.82) is 0 Å². The number of hydrogen-bond donors (Lipinski definition) is 1. The predicted octanol–water partition coefficient (Wildman–Crippen LogP) is 9.57. The smallest absolute Gasteiger partial charge is 0.0557 e. The summed E-state index contributed by atoms with van der Waals surface area (Å²) in [6.45, 7) is 0. The molecule has 0 aliphatic heterocycles. The topological polar surface area (TPSA) is 15.8 Å². The number of aromatic nitrogens is 1. The summed E-state index contributed by atoms with van der Waals surface area (Å²) in [6, 6.07) is 59.6. The molecule has 1 nitrogen and oxygen atoms in total. The van der Waals surface area contributed by atoms with Gasteiger partial charge in [-0.05, 0) is 57.0 Å². The Bertz CT molecular complexity index is 2140. The van der Waals surface area contributed by atoms with E-state index < -0.39 is 7.92 Å². The van der Waals surface area contributed by atoms with Gasteiger partial charge in [0, 0.05) is 22.0 Å². The lowest BCUT2D eigenvalue weighted by Gasteiger charge is -2.24. The van der Waals surface area contributed by atoms with E-state index in [4.69, 9.17) is 0 Å². The summed E-state index contributed by atoms with van der Waals surface area (Å²) in [6.07, 6.45) is 0. The molecule has 0 saturated heterocycles. The lowest BCUT2D eigenvalue weighted by molar-refractivity contribution is 1.47. The molecule has 2 heteroatoms. The molecule has 0 atom stereocenters. The fraction of sp³-hybridized carbons (Fsp3) is 0. The maximum atomic E-state index is 3.97. The molecule has 198 valence electrons. The number of H-pyrrole nitrogens is 1. The van der Waals surface area contributed by atoms with Crippen molar-refractivity contribution in [3.05, 3.63) is 164 Å². The van der Waals surface area contributed by atoms with Gasteiger partial charge in [0.05, 0.1) is 5.69 Å². The van der Waals surface area contributed by atoms with Gasteiger partial charge in [0.1, 0.15) is 0 Å². The normalized spacial score (nSPS) is 11.5. The molecule has 1 N–H and O–H groups in total. The standard InChI is InChI=1S/C40H28NP/c1-4-16-30(17-5-1)37-38-33-22-12-10-14-28(33)24-26-35(38)41-40(37)39-34-23-13-11-15-29(34)25-27-36(39)42(31-18-6-2-7-19-31)32-20-8-3-9-21-32/h1-27,41H. The van der Waals surface area contributed by atoms with Crippen LogP contribution in [-0.2, 0) is 0 Å². The van der Waals surface area contributed by atoms with Gasteiger partial charge >= 0.3 is 0 Å². The summed E-state index contributed by atoms with van der Waals surface area (Å²) in [5.41, 5.74) is 6.10. The highest BCUT2D eigenvalue weighted by Gasteiger charge is 2.26. The molecule has 0 unspecified atom stereocenters. The van der Waals surface area contributed by atoms with Crippen molar-refractivity contribution in [3.63, 3.8) is 0 Å². The highest BCUT2D eigenvalue weighted by molar-refractivity contribution is 7.80. The Morgan fingerprint density at radius 2 is 0.929 bits per heavy atom. The molecule has 0 aliphatic carbocycles. The second-order valence-electron chi connectivity index (χ2n) is 10.6. The minimum Gasteiger partial charge on any atom is -0.354 e. The minimum atomic E-state index is -0.829. The quantitative estimate of drug-likeness (QED) is 0.204. The summed E-state index contributed by atoms with van der Waals surface area (Å²) in [7, 11) is -0.829. The van der Waals surface area contributed by atoms with Gasteiger partial charge in [-0.25, -0.2) is 0 Å². The Hall–Kier alpha value is -4.97. The van der Waals surface area contributed by atoms with Crippen molar-refractivity contribution in [2.75, 3.05) is 0 Å².